The van der Waals surface area contributed by atoms with Crippen molar-refractivity contribution >= 4 is 22.6 Å². The highest BCUT2D eigenvalue weighted by atomic mass is 16.5. The summed E-state index contributed by atoms with van der Waals surface area (Å²) in [6, 6.07) is 20.2. The summed E-state index contributed by atoms with van der Waals surface area (Å²) < 4.78 is 22.4. The van der Waals surface area contributed by atoms with Gasteiger partial charge in [0.2, 0.25) is 0 Å². The molecule has 0 saturated carbocycles. The van der Waals surface area contributed by atoms with Crippen molar-refractivity contribution in [2.24, 2.45) is 0 Å². The number of furan rings is 1. The summed E-state index contributed by atoms with van der Waals surface area (Å²) >= 11 is 0. The normalized spacial score (nSPS) is 10.7. The fourth-order valence-electron chi connectivity index (χ4n) is 3.44. The number of rotatable bonds is 7. The Labute approximate surface area is 180 Å². The molecule has 0 aliphatic heterocycles. The molecule has 1 amide bonds. The number of methoxy groups -OCH3 is 2. The van der Waals surface area contributed by atoms with Crippen molar-refractivity contribution in [3.63, 3.8) is 0 Å². The van der Waals surface area contributed by atoms with Crippen molar-refractivity contribution in [2.45, 2.75) is 6.92 Å². The molecule has 1 aromatic heterocycles. The molecule has 0 spiro atoms. The van der Waals surface area contributed by atoms with Gasteiger partial charge in [-0.05, 0) is 37.3 Å². The lowest BCUT2D eigenvalue weighted by atomic mass is 10.0. The number of anilines is 1. The van der Waals surface area contributed by atoms with E-state index in [9.17, 15) is 4.79 Å². The third-order valence-corrected chi connectivity index (χ3v) is 4.89. The van der Waals surface area contributed by atoms with Crippen molar-refractivity contribution in [1.82, 2.24) is 0 Å². The summed E-state index contributed by atoms with van der Waals surface area (Å²) in [5.41, 5.74) is 2.38. The average Bonchev–Trinajstić information content (AvgIpc) is 3.19. The SMILES string of the molecule is CCOc1ccc2oc(-c3ccccc3)c(C(=O)Nc3ccc(OC)cc3OC)c2c1. The van der Waals surface area contributed by atoms with Gasteiger partial charge in [0.25, 0.3) is 5.91 Å². The van der Waals surface area contributed by atoms with Gasteiger partial charge in [-0.2, -0.15) is 0 Å². The van der Waals surface area contributed by atoms with E-state index in [0.717, 1.165) is 5.56 Å². The van der Waals surface area contributed by atoms with Gasteiger partial charge in [0.1, 0.15) is 28.6 Å². The lowest BCUT2D eigenvalue weighted by Gasteiger charge is -2.12. The Morgan fingerprint density at radius 1 is 0.935 bits per heavy atom. The number of fused-ring (bicyclic) bond motifs is 1. The van der Waals surface area contributed by atoms with Crippen molar-refractivity contribution in [1.29, 1.82) is 0 Å². The number of hydrogen-bond donors (Lipinski definition) is 1. The van der Waals surface area contributed by atoms with Gasteiger partial charge in [0.05, 0.1) is 32.1 Å². The van der Waals surface area contributed by atoms with Gasteiger partial charge >= 0.3 is 0 Å². The van der Waals surface area contributed by atoms with E-state index >= 15 is 0 Å². The topological polar surface area (TPSA) is 69.9 Å². The first-order chi connectivity index (χ1) is 15.1. The third kappa shape index (κ3) is 4.05. The summed E-state index contributed by atoms with van der Waals surface area (Å²) in [6.45, 7) is 2.44. The molecular formula is C25H23NO5. The van der Waals surface area contributed by atoms with Crippen LogP contribution in [0, 0.1) is 0 Å². The van der Waals surface area contributed by atoms with Crippen LogP contribution in [-0.2, 0) is 0 Å². The number of ether oxygens (including phenoxy) is 3. The zero-order chi connectivity index (χ0) is 21.8. The fourth-order valence-corrected chi connectivity index (χ4v) is 3.44. The minimum absolute atomic E-state index is 0.310. The predicted octanol–water partition coefficient (Wildman–Crippen LogP) is 5.77. The van der Waals surface area contributed by atoms with E-state index in [2.05, 4.69) is 5.32 Å². The van der Waals surface area contributed by atoms with E-state index in [0.29, 0.717) is 51.8 Å². The summed E-state index contributed by atoms with van der Waals surface area (Å²) in [5.74, 6) is 1.99. The van der Waals surface area contributed by atoms with E-state index in [1.54, 1.807) is 32.4 Å². The Hall–Kier alpha value is -3.93. The van der Waals surface area contributed by atoms with Crippen molar-refractivity contribution in [2.75, 3.05) is 26.1 Å². The number of hydrogen-bond acceptors (Lipinski definition) is 5. The Bertz CT molecular complexity index is 1210. The third-order valence-electron chi connectivity index (χ3n) is 4.89. The first-order valence-electron chi connectivity index (χ1n) is 9.92. The molecule has 6 heteroatoms. The highest BCUT2D eigenvalue weighted by Crippen LogP contribution is 2.37. The lowest BCUT2D eigenvalue weighted by Crippen LogP contribution is -2.13. The summed E-state index contributed by atoms with van der Waals surface area (Å²) in [4.78, 5) is 13.5. The van der Waals surface area contributed by atoms with Crippen LogP contribution in [0.2, 0.25) is 0 Å². The molecule has 0 fully saturated rings. The van der Waals surface area contributed by atoms with Crippen molar-refractivity contribution in [3.8, 4) is 28.6 Å². The van der Waals surface area contributed by atoms with Crippen LogP contribution in [0.1, 0.15) is 17.3 Å². The average molecular weight is 417 g/mol. The quantitative estimate of drug-likeness (QED) is 0.413. The second-order valence-corrected chi connectivity index (χ2v) is 6.78. The Balaban J connectivity index is 1.82. The summed E-state index contributed by atoms with van der Waals surface area (Å²) in [6.07, 6.45) is 0. The van der Waals surface area contributed by atoms with Gasteiger partial charge in [0.15, 0.2) is 0 Å². The van der Waals surface area contributed by atoms with Crippen LogP contribution in [0.15, 0.2) is 71.1 Å². The monoisotopic (exact) mass is 417 g/mol. The van der Waals surface area contributed by atoms with Crippen LogP contribution in [0.25, 0.3) is 22.3 Å². The Kier molecular flexibility index (Phi) is 5.80. The molecule has 0 aliphatic carbocycles. The maximum absolute atomic E-state index is 13.5. The molecule has 6 nitrogen and oxygen atoms in total. The van der Waals surface area contributed by atoms with Crippen molar-refractivity contribution < 1.29 is 23.4 Å². The molecule has 0 saturated heterocycles. The second kappa shape index (κ2) is 8.83. The largest absolute Gasteiger partial charge is 0.497 e. The maximum atomic E-state index is 13.5. The van der Waals surface area contributed by atoms with Crippen LogP contribution in [0.4, 0.5) is 5.69 Å². The van der Waals surface area contributed by atoms with Gasteiger partial charge < -0.3 is 23.9 Å². The molecule has 31 heavy (non-hydrogen) atoms. The molecule has 0 radical (unpaired) electrons. The maximum Gasteiger partial charge on any atom is 0.260 e. The molecule has 1 N–H and O–H groups in total. The number of carbonyl (C=O) groups is 1. The molecule has 1 heterocycles. The molecule has 0 aliphatic rings. The van der Waals surface area contributed by atoms with Crippen LogP contribution < -0.4 is 19.5 Å². The predicted molar refractivity (Wildman–Crippen MR) is 120 cm³/mol. The smallest absolute Gasteiger partial charge is 0.260 e. The first-order valence-corrected chi connectivity index (χ1v) is 9.92. The molecule has 0 bridgehead atoms. The highest BCUT2D eigenvalue weighted by molar-refractivity contribution is 6.17. The minimum Gasteiger partial charge on any atom is -0.497 e. The van der Waals surface area contributed by atoms with E-state index < -0.39 is 0 Å². The summed E-state index contributed by atoms with van der Waals surface area (Å²) in [5, 5.41) is 3.62. The molecule has 3 aromatic carbocycles. The van der Waals surface area contributed by atoms with Gasteiger partial charge in [0, 0.05) is 17.0 Å². The first kappa shape index (κ1) is 20.3. The standard InChI is InChI=1S/C25H23NO5/c1-4-30-18-11-13-21-19(14-18)23(24(31-21)16-8-6-5-7-9-16)25(27)26-20-12-10-17(28-2)15-22(20)29-3/h5-15H,4H2,1-3H3,(H,26,27). The minimum atomic E-state index is -0.310. The van der Waals surface area contributed by atoms with Crippen LogP contribution in [-0.4, -0.2) is 26.7 Å². The molecular weight excluding hydrogens is 394 g/mol. The molecule has 158 valence electrons. The van der Waals surface area contributed by atoms with Gasteiger partial charge in [-0.3, -0.25) is 4.79 Å². The zero-order valence-electron chi connectivity index (χ0n) is 17.6. The van der Waals surface area contributed by atoms with Crippen molar-refractivity contribution in [3.05, 3.63) is 72.3 Å². The Morgan fingerprint density at radius 2 is 1.71 bits per heavy atom. The van der Waals surface area contributed by atoms with E-state index in [4.69, 9.17) is 18.6 Å². The Morgan fingerprint density at radius 3 is 2.42 bits per heavy atom. The molecule has 4 rings (SSSR count). The number of carbonyl (C=O) groups excluding carboxylic acids is 1. The van der Waals surface area contributed by atoms with E-state index in [-0.39, 0.29) is 5.91 Å². The number of amides is 1. The van der Waals surface area contributed by atoms with E-state index in [1.807, 2.05) is 55.5 Å². The van der Waals surface area contributed by atoms with Crippen LogP contribution in [0.3, 0.4) is 0 Å². The van der Waals surface area contributed by atoms with Crippen LogP contribution >= 0.6 is 0 Å². The van der Waals surface area contributed by atoms with Gasteiger partial charge in [-0.1, -0.05) is 30.3 Å². The van der Waals surface area contributed by atoms with Gasteiger partial charge in [-0.25, -0.2) is 0 Å². The lowest BCUT2D eigenvalue weighted by molar-refractivity contribution is 0.102. The second-order valence-electron chi connectivity index (χ2n) is 6.78. The summed E-state index contributed by atoms with van der Waals surface area (Å²) in [7, 11) is 3.12. The van der Waals surface area contributed by atoms with Crippen LogP contribution in [0.5, 0.6) is 17.2 Å². The number of benzene rings is 3. The molecule has 0 unspecified atom stereocenters. The zero-order valence-corrected chi connectivity index (χ0v) is 17.6. The van der Waals surface area contributed by atoms with E-state index in [1.165, 1.54) is 0 Å². The highest BCUT2D eigenvalue weighted by Gasteiger charge is 2.23. The van der Waals surface area contributed by atoms with Gasteiger partial charge in [-0.15, -0.1) is 0 Å². The fraction of sp³-hybridized carbons (Fsp3) is 0.160. The molecule has 0 atom stereocenters. The number of nitrogens with one attached hydrogen (secondary N) is 1. The molecule has 4 aromatic rings.